The number of piperazine rings is 1. The molecule has 0 aliphatic carbocycles. The maximum absolute atomic E-state index is 12.5. The minimum absolute atomic E-state index is 0.0225. The minimum Gasteiger partial charge on any atom is -0.497 e. The number of carbonyl (C=O) groups excluding carboxylic acids is 1. The lowest BCUT2D eigenvalue weighted by molar-refractivity contribution is -0.136. The van der Waals surface area contributed by atoms with E-state index in [1.165, 1.54) is 0 Å². The van der Waals surface area contributed by atoms with E-state index in [0.29, 0.717) is 25.6 Å². The second-order valence-electron chi connectivity index (χ2n) is 7.59. The van der Waals surface area contributed by atoms with Gasteiger partial charge in [0.05, 0.1) is 13.7 Å². The van der Waals surface area contributed by atoms with Crippen molar-refractivity contribution in [1.82, 2.24) is 14.9 Å². The first kappa shape index (κ1) is 21.0. The summed E-state index contributed by atoms with van der Waals surface area (Å²) in [6.45, 7) is 9.52. The fraction of sp³-hybridized carbons (Fsp3) is 0.500. The fourth-order valence-electron chi connectivity index (χ4n) is 3.29. The zero-order chi connectivity index (χ0) is 20.8. The van der Waals surface area contributed by atoms with Crippen LogP contribution in [0.1, 0.15) is 36.8 Å². The number of methoxy groups -OCH3 is 1. The van der Waals surface area contributed by atoms with Gasteiger partial charge in [-0.2, -0.15) is 0 Å². The van der Waals surface area contributed by atoms with Crippen LogP contribution < -0.4 is 9.64 Å². The Labute approximate surface area is 172 Å². The molecule has 0 spiro atoms. The molecule has 0 radical (unpaired) electrons. The highest BCUT2D eigenvalue weighted by molar-refractivity contribution is 5.77. The van der Waals surface area contributed by atoms with Gasteiger partial charge in [0.15, 0.2) is 0 Å². The molecule has 0 bridgehead atoms. The van der Waals surface area contributed by atoms with Crippen LogP contribution in [0.15, 0.2) is 30.3 Å². The number of aryl methyl sites for hydroxylation is 1. The number of carbonyl (C=O) groups is 1. The van der Waals surface area contributed by atoms with Crippen LogP contribution in [0.25, 0.3) is 0 Å². The molecule has 0 N–H and O–H groups in total. The Balaban J connectivity index is 1.48. The van der Waals surface area contributed by atoms with Crippen molar-refractivity contribution in [2.75, 3.05) is 44.8 Å². The molecule has 1 aliphatic rings. The van der Waals surface area contributed by atoms with Crippen LogP contribution in [0.4, 0.5) is 5.82 Å². The summed E-state index contributed by atoms with van der Waals surface area (Å²) >= 11 is 0. The van der Waals surface area contributed by atoms with E-state index in [1.807, 2.05) is 42.2 Å². The number of aromatic nitrogens is 2. The molecule has 0 atom stereocenters. The van der Waals surface area contributed by atoms with E-state index in [4.69, 9.17) is 14.5 Å². The summed E-state index contributed by atoms with van der Waals surface area (Å²) in [5.41, 5.74) is 1.96. The Kier molecular flexibility index (Phi) is 7.04. The van der Waals surface area contributed by atoms with Crippen molar-refractivity contribution >= 4 is 11.7 Å². The third-order valence-electron chi connectivity index (χ3n) is 4.96. The fourth-order valence-corrected chi connectivity index (χ4v) is 3.29. The van der Waals surface area contributed by atoms with E-state index in [9.17, 15) is 4.79 Å². The summed E-state index contributed by atoms with van der Waals surface area (Å²) < 4.78 is 10.8. The topological polar surface area (TPSA) is 67.8 Å². The summed E-state index contributed by atoms with van der Waals surface area (Å²) in [4.78, 5) is 25.8. The van der Waals surface area contributed by atoms with Gasteiger partial charge in [-0.15, -0.1) is 0 Å². The lowest BCUT2D eigenvalue weighted by Gasteiger charge is -2.35. The molecule has 156 valence electrons. The van der Waals surface area contributed by atoms with E-state index in [2.05, 4.69) is 23.7 Å². The molecule has 0 unspecified atom stereocenters. The predicted molar refractivity (Wildman–Crippen MR) is 112 cm³/mol. The molecule has 2 heterocycles. The number of anilines is 1. The zero-order valence-corrected chi connectivity index (χ0v) is 17.7. The molecule has 1 aliphatic heterocycles. The Morgan fingerprint density at radius 1 is 1.14 bits per heavy atom. The Morgan fingerprint density at radius 2 is 1.90 bits per heavy atom. The lowest BCUT2D eigenvalue weighted by Crippen LogP contribution is -2.50. The van der Waals surface area contributed by atoms with Crippen LogP contribution in [-0.2, 0) is 16.1 Å². The van der Waals surface area contributed by atoms with E-state index >= 15 is 0 Å². The van der Waals surface area contributed by atoms with Crippen LogP contribution in [0, 0.1) is 6.92 Å². The van der Waals surface area contributed by atoms with Crippen molar-refractivity contribution in [2.45, 2.75) is 33.3 Å². The molecular formula is C22H30N4O3. The summed E-state index contributed by atoms with van der Waals surface area (Å²) in [6, 6.07) is 9.69. The SMILES string of the molecule is COc1cccc(COCC(=O)N2CCN(c3cc(C)nc(C(C)C)n3)CC2)c1. The highest BCUT2D eigenvalue weighted by Gasteiger charge is 2.22. The number of amides is 1. The molecule has 1 saturated heterocycles. The van der Waals surface area contributed by atoms with Crippen molar-refractivity contribution in [3.05, 3.63) is 47.4 Å². The number of ether oxygens (including phenoxy) is 2. The number of benzene rings is 1. The molecule has 1 amide bonds. The van der Waals surface area contributed by atoms with Crippen molar-refractivity contribution < 1.29 is 14.3 Å². The monoisotopic (exact) mass is 398 g/mol. The van der Waals surface area contributed by atoms with Gasteiger partial charge in [-0.1, -0.05) is 26.0 Å². The number of nitrogens with zero attached hydrogens (tertiary/aromatic N) is 4. The molecule has 7 nitrogen and oxygen atoms in total. The van der Waals surface area contributed by atoms with Gasteiger partial charge in [0.1, 0.15) is 24.0 Å². The summed E-state index contributed by atoms with van der Waals surface area (Å²) in [5, 5.41) is 0. The van der Waals surface area contributed by atoms with Gasteiger partial charge in [0.25, 0.3) is 0 Å². The minimum atomic E-state index is 0.0225. The highest BCUT2D eigenvalue weighted by atomic mass is 16.5. The maximum Gasteiger partial charge on any atom is 0.248 e. The second-order valence-corrected chi connectivity index (χ2v) is 7.59. The largest absolute Gasteiger partial charge is 0.497 e. The Hall–Kier alpha value is -2.67. The smallest absolute Gasteiger partial charge is 0.248 e. The third-order valence-corrected chi connectivity index (χ3v) is 4.96. The first-order valence-corrected chi connectivity index (χ1v) is 10.0. The van der Waals surface area contributed by atoms with Crippen LogP contribution >= 0.6 is 0 Å². The highest BCUT2D eigenvalue weighted by Crippen LogP contribution is 2.19. The molecule has 1 aromatic carbocycles. The number of hydrogen-bond acceptors (Lipinski definition) is 6. The molecule has 0 saturated carbocycles. The van der Waals surface area contributed by atoms with Crippen molar-refractivity contribution in [2.24, 2.45) is 0 Å². The summed E-state index contributed by atoms with van der Waals surface area (Å²) in [7, 11) is 1.63. The normalized spacial score (nSPS) is 14.4. The predicted octanol–water partition coefficient (Wildman–Crippen LogP) is 2.78. The van der Waals surface area contributed by atoms with Crippen molar-refractivity contribution in [1.29, 1.82) is 0 Å². The molecule has 3 rings (SSSR count). The van der Waals surface area contributed by atoms with Gasteiger partial charge < -0.3 is 19.3 Å². The van der Waals surface area contributed by atoms with Gasteiger partial charge in [0, 0.05) is 43.9 Å². The Bertz CT molecular complexity index is 833. The quantitative estimate of drug-likeness (QED) is 0.714. The second kappa shape index (κ2) is 9.69. The number of rotatable bonds is 7. The van der Waals surface area contributed by atoms with Gasteiger partial charge in [-0.3, -0.25) is 4.79 Å². The van der Waals surface area contributed by atoms with E-state index in [0.717, 1.165) is 41.7 Å². The molecule has 1 fully saturated rings. The van der Waals surface area contributed by atoms with E-state index in [1.54, 1.807) is 7.11 Å². The average molecular weight is 399 g/mol. The molecular weight excluding hydrogens is 368 g/mol. The van der Waals surface area contributed by atoms with Gasteiger partial charge in [-0.05, 0) is 24.6 Å². The molecule has 2 aromatic rings. The summed E-state index contributed by atoms with van der Waals surface area (Å²) in [5.74, 6) is 2.91. The summed E-state index contributed by atoms with van der Waals surface area (Å²) in [6.07, 6.45) is 0. The molecule has 29 heavy (non-hydrogen) atoms. The zero-order valence-electron chi connectivity index (χ0n) is 17.7. The lowest BCUT2D eigenvalue weighted by atomic mass is 10.2. The first-order chi connectivity index (χ1) is 14.0. The van der Waals surface area contributed by atoms with Gasteiger partial charge in [-0.25, -0.2) is 9.97 Å². The molecule has 1 aromatic heterocycles. The van der Waals surface area contributed by atoms with Crippen molar-refractivity contribution in [3.8, 4) is 5.75 Å². The number of hydrogen-bond donors (Lipinski definition) is 0. The van der Waals surface area contributed by atoms with Crippen molar-refractivity contribution in [3.63, 3.8) is 0 Å². The average Bonchev–Trinajstić information content (AvgIpc) is 2.73. The van der Waals surface area contributed by atoms with Crippen LogP contribution in [0.5, 0.6) is 5.75 Å². The maximum atomic E-state index is 12.5. The third kappa shape index (κ3) is 5.67. The first-order valence-electron chi connectivity index (χ1n) is 10.0. The van der Waals surface area contributed by atoms with Gasteiger partial charge >= 0.3 is 0 Å². The van der Waals surface area contributed by atoms with Crippen LogP contribution in [0.2, 0.25) is 0 Å². The van der Waals surface area contributed by atoms with Gasteiger partial charge in [0.2, 0.25) is 5.91 Å². The standard InChI is InChI=1S/C22H30N4O3/c1-16(2)22-23-17(3)12-20(24-22)25-8-10-26(11-9-25)21(27)15-29-14-18-6-5-7-19(13-18)28-4/h5-7,12-13,16H,8-11,14-15H2,1-4H3. The Morgan fingerprint density at radius 3 is 2.59 bits per heavy atom. The van der Waals surface area contributed by atoms with Crippen LogP contribution in [-0.4, -0.2) is 60.7 Å². The van der Waals surface area contributed by atoms with Crippen LogP contribution in [0.3, 0.4) is 0 Å². The van der Waals surface area contributed by atoms with E-state index in [-0.39, 0.29) is 12.5 Å². The molecule has 7 heteroatoms. The van der Waals surface area contributed by atoms with E-state index < -0.39 is 0 Å².